The van der Waals surface area contributed by atoms with Crippen molar-refractivity contribution in [3.05, 3.63) is 70.1 Å². The fourth-order valence-corrected chi connectivity index (χ4v) is 4.05. The molecular formula is C22H26N4O4S. The predicted octanol–water partition coefficient (Wildman–Crippen LogP) is 2.94. The van der Waals surface area contributed by atoms with E-state index in [1.54, 1.807) is 36.4 Å². The Morgan fingerprint density at radius 2 is 1.71 bits per heavy atom. The quantitative estimate of drug-likeness (QED) is 0.521. The van der Waals surface area contributed by atoms with Gasteiger partial charge in [0.1, 0.15) is 0 Å². The third-order valence-electron chi connectivity index (χ3n) is 5.19. The minimum absolute atomic E-state index is 0.0292. The second-order valence-corrected chi connectivity index (χ2v) is 9.04. The van der Waals surface area contributed by atoms with Gasteiger partial charge < -0.3 is 0 Å². The number of aryl methyl sites for hydroxylation is 1. The highest BCUT2D eigenvalue weighted by Crippen LogP contribution is 2.20. The molecule has 0 saturated carbocycles. The fourth-order valence-electron chi connectivity index (χ4n) is 3.21. The summed E-state index contributed by atoms with van der Waals surface area (Å²) < 4.78 is 26.4. The van der Waals surface area contributed by atoms with Gasteiger partial charge in [0.2, 0.25) is 0 Å². The minimum atomic E-state index is -3.97. The number of hydrogen-bond acceptors (Lipinski definition) is 5. The molecule has 0 aliphatic heterocycles. The zero-order valence-corrected chi connectivity index (χ0v) is 18.6. The van der Waals surface area contributed by atoms with Crippen LogP contribution in [-0.4, -0.2) is 24.1 Å². The smallest absolute Gasteiger partial charge is 0.272 e. The molecule has 1 aromatic heterocycles. The summed E-state index contributed by atoms with van der Waals surface area (Å²) in [7, 11) is -3.97. The van der Waals surface area contributed by atoms with E-state index in [1.165, 1.54) is 16.8 Å². The second kappa shape index (κ2) is 9.40. The molecule has 0 aliphatic rings. The maximum atomic E-state index is 12.8. The van der Waals surface area contributed by atoms with Gasteiger partial charge in [-0.15, -0.1) is 4.83 Å². The van der Waals surface area contributed by atoms with E-state index in [0.29, 0.717) is 29.7 Å². The summed E-state index contributed by atoms with van der Waals surface area (Å²) in [6.45, 7) is 6.37. The van der Waals surface area contributed by atoms with Crippen LogP contribution in [0.5, 0.6) is 0 Å². The van der Waals surface area contributed by atoms with Crippen LogP contribution in [0.3, 0.4) is 0 Å². The first kappa shape index (κ1) is 22.6. The molecule has 2 aromatic carbocycles. The van der Waals surface area contributed by atoms with Crippen molar-refractivity contribution < 1.29 is 13.2 Å². The Hall–Kier alpha value is -3.04. The third kappa shape index (κ3) is 4.83. The van der Waals surface area contributed by atoms with Gasteiger partial charge in [-0.2, -0.15) is 5.10 Å². The molecule has 1 unspecified atom stereocenters. The Morgan fingerprint density at radius 3 is 2.32 bits per heavy atom. The van der Waals surface area contributed by atoms with E-state index in [-0.39, 0.29) is 16.1 Å². The average molecular weight is 443 g/mol. The molecule has 0 fully saturated rings. The second-order valence-electron chi connectivity index (χ2n) is 7.36. The Balaban J connectivity index is 1.85. The Kier molecular flexibility index (Phi) is 6.87. The monoisotopic (exact) mass is 442 g/mol. The number of nitrogens with zero attached hydrogens (tertiary/aromatic N) is 2. The average Bonchev–Trinajstić information content (AvgIpc) is 2.79. The highest BCUT2D eigenvalue weighted by molar-refractivity contribution is 7.89. The number of fused-ring (bicyclic) bond motifs is 1. The van der Waals surface area contributed by atoms with Crippen LogP contribution in [0.4, 0.5) is 0 Å². The molecule has 1 amide bonds. The lowest BCUT2D eigenvalue weighted by molar-refractivity contribution is 0.0939. The van der Waals surface area contributed by atoms with Gasteiger partial charge in [0, 0.05) is 11.9 Å². The zero-order valence-electron chi connectivity index (χ0n) is 17.8. The fraction of sp³-hybridized carbons (Fsp3) is 0.318. The number of aromatic nitrogens is 2. The highest BCUT2D eigenvalue weighted by Gasteiger charge is 2.20. The van der Waals surface area contributed by atoms with Crippen LogP contribution in [0.2, 0.25) is 0 Å². The standard InChI is InChI=1S/C22H26N4O4S/c1-4-14-26-22(28)19-9-7-6-8-18(19)20(24-26)21(27)23-25-31(29,30)17-12-10-16(11-13-17)15(3)5-2/h6-13,15,25H,4-5,14H2,1-3H3,(H,23,27). The number of sulfonamides is 1. The van der Waals surface area contributed by atoms with Gasteiger partial charge >= 0.3 is 0 Å². The third-order valence-corrected chi connectivity index (χ3v) is 6.45. The minimum Gasteiger partial charge on any atom is -0.272 e. The van der Waals surface area contributed by atoms with Crippen molar-refractivity contribution in [2.75, 3.05) is 0 Å². The van der Waals surface area contributed by atoms with Crippen molar-refractivity contribution >= 4 is 26.7 Å². The van der Waals surface area contributed by atoms with Crippen LogP contribution >= 0.6 is 0 Å². The maximum Gasteiger partial charge on any atom is 0.287 e. The molecule has 0 bridgehead atoms. The van der Waals surface area contributed by atoms with Gasteiger partial charge in [-0.3, -0.25) is 15.0 Å². The van der Waals surface area contributed by atoms with Crippen LogP contribution in [-0.2, 0) is 16.6 Å². The molecule has 8 nitrogen and oxygen atoms in total. The van der Waals surface area contributed by atoms with Crippen LogP contribution in [0.25, 0.3) is 10.8 Å². The van der Waals surface area contributed by atoms with Crippen molar-refractivity contribution in [1.82, 2.24) is 20.0 Å². The van der Waals surface area contributed by atoms with Gasteiger partial charge in [-0.1, -0.05) is 51.1 Å². The lowest BCUT2D eigenvalue weighted by Crippen LogP contribution is -2.42. The van der Waals surface area contributed by atoms with Crippen LogP contribution < -0.4 is 15.8 Å². The van der Waals surface area contributed by atoms with E-state index < -0.39 is 15.9 Å². The molecule has 31 heavy (non-hydrogen) atoms. The Labute approximate surface area is 181 Å². The van der Waals surface area contributed by atoms with Crippen molar-refractivity contribution in [3.8, 4) is 0 Å². The van der Waals surface area contributed by atoms with Crippen LogP contribution in [0.15, 0.2) is 58.2 Å². The first-order valence-corrected chi connectivity index (χ1v) is 11.7. The Bertz CT molecular complexity index is 1250. The number of hydrogen-bond donors (Lipinski definition) is 2. The maximum absolute atomic E-state index is 12.8. The van der Waals surface area contributed by atoms with E-state index >= 15 is 0 Å². The predicted molar refractivity (Wildman–Crippen MR) is 119 cm³/mol. The molecule has 164 valence electrons. The molecule has 1 heterocycles. The molecular weight excluding hydrogens is 416 g/mol. The largest absolute Gasteiger partial charge is 0.287 e. The summed E-state index contributed by atoms with van der Waals surface area (Å²) in [5.74, 6) is -0.427. The van der Waals surface area contributed by atoms with Crippen molar-refractivity contribution in [1.29, 1.82) is 0 Å². The van der Waals surface area contributed by atoms with Crippen LogP contribution in [0, 0.1) is 0 Å². The summed E-state index contributed by atoms with van der Waals surface area (Å²) in [6.07, 6.45) is 1.60. The molecule has 0 saturated heterocycles. The molecule has 0 aliphatic carbocycles. The number of benzene rings is 2. The van der Waals surface area contributed by atoms with Crippen molar-refractivity contribution in [2.24, 2.45) is 0 Å². The van der Waals surface area contributed by atoms with E-state index in [1.807, 2.05) is 6.92 Å². The van der Waals surface area contributed by atoms with Gasteiger partial charge in [0.15, 0.2) is 5.69 Å². The summed E-state index contributed by atoms with van der Waals surface area (Å²) in [4.78, 5) is 27.5. The van der Waals surface area contributed by atoms with Crippen molar-refractivity contribution in [2.45, 2.75) is 51.0 Å². The first-order valence-electron chi connectivity index (χ1n) is 10.2. The van der Waals surface area contributed by atoms with Gasteiger partial charge in [0.05, 0.1) is 10.3 Å². The number of nitrogens with one attached hydrogen (secondary N) is 2. The lowest BCUT2D eigenvalue weighted by atomic mass is 9.99. The molecule has 3 rings (SSSR count). The highest BCUT2D eigenvalue weighted by atomic mass is 32.2. The topological polar surface area (TPSA) is 110 Å². The molecule has 2 N–H and O–H groups in total. The number of rotatable bonds is 8. The van der Waals surface area contributed by atoms with E-state index in [4.69, 9.17) is 0 Å². The van der Waals surface area contributed by atoms with Crippen molar-refractivity contribution in [3.63, 3.8) is 0 Å². The van der Waals surface area contributed by atoms with Gasteiger partial charge in [-0.05, 0) is 42.5 Å². The van der Waals surface area contributed by atoms with Gasteiger partial charge in [0.25, 0.3) is 21.5 Å². The molecule has 0 radical (unpaired) electrons. The zero-order chi connectivity index (χ0) is 22.6. The van der Waals surface area contributed by atoms with Crippen LogP contribution in [0.1, 0.15) is 55.6 Å². The van der Waals surface area contributed by atoms with E-state index in [0.717, 1.165) is 12.0 Å². The molecule has 0 spiro atoms. The summed E-state index contributed by atoms with van der Waals surface area (Å²) in [6, 6.07) is 13.2. The number of carbonyl (C=O) groups is 1. The van der Waals surface area contributed by atoms with E-state index in [9.17, 15) is 18.0 Å². The van der Waals surface area contributed by atoms with Gasteiger partial charge in [-0.25, -0.2) is 13.1 Å². The molecule has 3 aromatic rings. The summed E-state index contributed by atoms with van der Waals surface area (Å²) >= 11 is 0. The lowest BCUT2D eigenvalue weighted by Gasteiger charge is -2.13. The molecule has 1 atom stereocenters. The molecule has 9 heteroatoms. The number of amides is 1. The SMILES string of the molecule is CCCn1nc(C(=O)NNS(=O)(=O)c2ccc(C(C)CC)cc2)c2ccccc2c1=O. The summed E-state index contributed by atoms with van der Waals surface area (Å²) in [5.41, 5.74) is 2.93. The first-order chi connectivity index (χ1) is 14.8. The summed E-state index contributed by atoms with van der Waals surface area (Å²) in [5, 5.41) is 4.86. The van der Waals surface area contributed by atoms with E-state index in [2.05, 4.69) is 29.2 Å². The normalized spacial score (nSPS) is 12.6. The Morgan fingerprint density at radius 1 is 1.06 bits per heavy atom. The number of carbonyl (C=O) groups excluding carboxylic acids is 1. The number of hydrazine groups is 1.